The van der Waals surface area contributed by atoms with E-state index in [0.717, 1.165) is 5.56 Å². The van der Waals surface area contributed by atoms with E-state index in [1.165, 1.54) is 22.9 Å². The molecule has 0 aliphatic rings. The van der Waals surface area contributed by atoms with Crippen molar-refractivity contribution >= 4 is 23.2 Å². The van der Waals surface area contributed by atoms with Gasteiger partial charge in [0.05, 0.1) is 17.4 Å². The maximum Gasteiger partial charge on any atom is 0.257 e. The van der Waals surface area contributed by atoms with Crippen molar-refractivity contribution in [2.75, 3.05) is 19.4 Å². The summed E-state index contributed by atoms with van der Waals surface area (Å²) < 4.78 is 2.99. The Morgan fingerprint density at radius 1 is 1.22 bits per heavy atom. The van der Waals surface area contributed by atoms with E-state index in [1.807, 2.05) is 25.1 Å². The van der Waals surface area contributed by atoms with Crippen molar-refractivity contribution in [3.8, 4) is 5.69 Å². The van der Waals surface area contributed by atoms with E-state index in [0.29, 0.717) is 28.5 Å². The number of benzene rings is 1. The fraction of sp³-hybridized carbons (Fsp3) is 0.211. The summed E-state index contributed by atoms with van der Waals surface area (Å²) in [5.41, 5.74) is 2.30. The van der Waals surface area contributed by atoms with Crippen molar-refractivity contribution in [2.24, 2.45) is 7.05 Å². The smallest absolute Gasteiger partial charge is 0.257 e. The Morgan fingerprint density at radius 2 is 2.00 bits per heavy atom. The molecule has 1 N–H and O–H groups in total. The molecule has 0 aliphatic heterocycles. The van der Waals surface area contributed by atoms with E-state index in [9.17, 15) is 9.59 Å². The van der Waals surface area contributed by atoms with Gasteiger partial charge in [-0.05, 0) is 43.9 Å². The van der Waals surface area contributed by atoms with Crippen LogP contribution in [0.2, 0.25) is 5.02 Å². The average molecular weight is 386 g/mol. The number of anilines is 1. The van der Waals surface area contributed by atoms with Gasteiger partial charge in [-0.25, -0.2) is 0 Å². The van der Waals surface area contributed by atoms with E-state index in [4.69, 9.17) is 11.6 Å². The molecule has 8 heteroatoms. The predicted octanol–water partition coefficient (Wildman–Crippen LogP) is 2.54. The van der Waals surface area contributed by atoms with Crippen LogP contribution in [0.25, 0.3) is 5.69 Å². The van der Waals surface area contributed by atoms with Crippen LogP contribution in [0.15, 0.2) is 53.7 Å². The van der Waals surface area contributed by atoms with Crippen LogP contribution in [0.1, 0.15) is 15.9 Å². The highest BCUT2D eigenvalue weighted by molar-refractivity contribution is 6.30. The maximum atomic E-state index is 12.7. The van der Waals surface area contributed by atoms with Crippen LogP contribution in [-0.2, 0) is 13.6 Å². The van der Waals surface area contributed by atoms with Crippen molar-refractivity contribution in [3.05, 3.63) is 75.4 Å². The number of rotatable bonds is 5. The van der Waals surface area contributed by atoms with E-state index in [-0.39, 0.29) is 11.5 Å². The van der Waals surface area contributed by atoms with Crippen LogP contribution in [-0.4, -0.2) is 39.3 Å². The Bertz CT molecular complexity index is 1040. The number of halogens is 1. The molecule has 0 spiro atoms. The summed E-state index contributed by atoms with van der Waals surface area (Å²) in [5, 5.41) is 7.57. The first-order chi connectivity index (χ1) is 12.8. The second-order valence-electron chi connectivity index (χ2n) is 6.49. The van der Waals surface area contributed by atoms with Gasteiger partial charge >= 0.3 is 0 Å². The molecular weight excluding hydrogens is 366 g/mol. The zero-order valence-electron chi connectivity index (χ0n) is 15.3. The van der Waals surface area contributed by atoms with Crippen LogP contribution < -0.4 is 10.9 Å². The van der Waals surface area contributed by atoms with Gasteiger partial charge in [-0.3, -0.25) is 18.8 Å². The number of hydrogen-bond donors (Lipinski definition) is 1. The lowest BCUT2D eigenvalue weighted by Gasteiger charge is -2.15. The number of amides is 1. The molecule has 2 aromatic heterocycles. The zero-order chi connectivity index (χ0) is 19.6. The van der Waals surface area contributed by atoms with Gasteiger partial charge in [0, 0.05) is 42.8 Å². The van der Waals surface area contributed by atoms with Crippen molar-refractivity contribution in [2.45, 2.75) is 6.54 Å². The third-order valence-corrected chi connectivity index (χ3v) is 4.18. The van der Waals surface area contributed by atoms with Gasteiger partial charge in [-0.2, -0.15) is 5.10 Å². The van der Waals surface area contributed by atoms with Crippen molar-refractivity contribution in [1.82, 2.24) is 19.2 Å². The molecule has 0 bridgehead atoms. The van der Waals surface area contributed by atoms with Gasteiger partial charge in [-0.15, -0.1) is 0 Å². The number of carbonyl (C=O) groups excluding carboxylic acids is 1. The minimum absolute atomic E-state index is 0.237. The highest BCUT2D eigenvalue weighted by Gasteiger charge is 2.13. The van der Waals surface area contributed by atoms with Gasteiger partial charge in [0.1, 0.15) is 0 Å². The number of hydrogen-bond acceptors (Lipinski definition) is 4. The Balaban J connectivity index is 1.90. The minimum atomic E-state index is -0.310. The van der Waals surface area contributed by atoms with E-state index in [2.05, 4.69) is 10.4 Å². The molecule has 3 aromatic rings. The average Bonchev–Trinajstić information content (AvgIpc) is 3.03. The van der Waals surface area contributed by atoms with Gasteiger partial charge in [0.25, 0.3) is 11.5 Å². The molecule has 0 saturated heterocycles. The molecule has 27 heavy (non-hydrogen) atoms. The normalized spacial score (nSPS) is 11.0. The molecule has 1 amide bonds. The number of nitrogens with zero attached hydrogens (tertiary/aromatic N) is 4. The van der Waals surface area contributed by atoms with Crippen LogP contribution in [0, 0.1) is 0 Å². The molecule has 2 heterocycles. The van der Waals surface area contributed by atoms with Gasteiger partial charge in [-0.1, -0.05) is 11.6 Å². The first-order valence-electron chi connectivity index (χ1n) is 8.30. The first-order valence-corrected chi connectivity index (χ1v) is 8.67. The minimum Gasteiger partial charge on any atom is -0.322 e. The highest BCUT2D eigenvalue weighted by atomic mass is 35.5. The van der Waals surface area contributed by atoms with Gasteiger partial charge in [0.15, 0.2) is 0 Å². The second-order valence-corrected chi connectivity index (χ2v) is 6.93. The largest absolute Gasteiger partial charge is 0.322 e. The number of carbonyl (C=O) groups is 1. The van der Waals surface area contributed by atoms with Crippen LogP contribution in [0.5, 0.6) is 0 Å². The molecule has 0 saturated carbocycles. The molecule has 7 nitrogen and oxygen atoms in total. The summed E-state index contributed by atoms with van der Waals surface area (Å²) in [6.07, 6.45) is 4.78. The third-order valence-electron chi connectivity index (χ3n) is 3.94. The molecule has 0 atom stereocenters. The topological polar surface area (TPSA) is 72.2 Å². The quantitative estimate of drug-likeness (QED) is 0.732. The summed E-state index contributed by atoms with van der Waals surface area (Å²) in [6, 6.07) is 8.20. The van der Waals surface area contributed by atoms with Gasteiger partial charge < -0.3 is 10.2 Å². The maximum absolute atomic E-state index is 12.7. The molecule has 140 valence electrons. The van der Waals surface area contributed by atoms with Crippen LogP contribution in [0.4, 0.5) is 5.69 Å². The molecule has 0 unspecified atom stereocenters. The van der Waals surface area contributed by atoms with E-state index < -0.39 is 0 Å². The molecule has 0 fully saturated rings. The number of nitrogens with one attached hydrogen (secondary N) is 1. The van der Waals surface area contributed by atoms with Crippen molar-refractivity contribution in [1.29, 1.82) is 0 Å². The summed E-state index contributed by atoms with van der Waals surface area (Å²) >= 11 is 6.08. The lowest BCUT2D eigenvalue weighted by atomic mass is 10.1. The van der Waals surface area contributed by atoms with Crippen molar-refractivity contribution in [3.63, 3.8) is 0 Å². The number of pyridine rings is 1. The summed E-state index contributed by atoms with van der Waals surface area (Å²) in [7, 11) is 5.64. The Morgan fingerprint density at radius 3 is 2.67 bits per heavy atom. The van der Waals surface area contributed by atoms with E-state index in [1.54, 1.807) is 36.3 Å². The second kappa shape index (κ2) is 7.77. The van der Waals surface area contributed by atoms with E-state index >= 15 is 0 Å². The first kappa shape index (κ1) is 18.9. The van der Waals surface area contributed by atoms with Crippen molar-refractivity contribution < 1.29 is 4.79 Å². The van der Waals surface area contributed by atoms with Crippen LogP contribution in [0.3, 0.4) is 0 Å². The van der Waals surface area contributed by atoms with Gasteiger partial charge in [0.2, 0.25) is 0 Å². The molecular formula is C19H20ClN5O2. The molecule has 0 aliphatic carbocycles. The number of aromatic nitrogens is 3. The SMILES string of the molecule is CN(C)Cc1cc(Cl)ccc1NC(=O)c1ccc(=O)n(-c2cnn(C)c2)c1. The lowest BCUT2D eigenvalue weighted by Crippen LogP contribution is -2.21. The lowest BCUT2D eigenvalue weighted by molar-refractivity contribution is 0.102. The molecule has 1 aromatic carbocycles. The Kier molecular flexibility index (Phi) is 5.43. The number of aryl methyl sites for hydroxylation is 1. The third kappa shape index (κ3) is 4.45. The predicted molar refractivity (Wildman–Crippen MR) is 106 cm³/mol. The Hall–Kier alpha value is -2.90. The zero-order valence-corrected chi connectivity index (χ0v) is 16.1. The fourth-order valence-electron chi connectivity index (χ4n) is 2.71. The summed E-state index contributed by atoms with van der Waals surface area (Å²) in [5.74, 6) is -0.310. The molecule has 3 rings (SSSR count). The summed E-state index contributed by atoms with van der Waals surface area (Å²) in [6.45, 7) is 0.630. The Labute approximate surface area is 161 Å². The van der Waals surface area contributed by atoms with Crippen LogP contribution >= 0.6 is 11.6 Å². The fourth-order valence-corrected chi connectivity index (χ4v) is 2.90. The highest BCUT2D eigenvalue weighted by Crippen LogP contribution is 2.22. The standard InChI is InChI=1S/C19H20ClN5O2/c1-23(2)10-14-8-15(20)5-6-17(14)22-19(27)13-4-7-18(26)25(11-13)16-9-21-24(3)12-16/h4-9,11-12H,10H2,1-3H3,(H,22,27). The monoisotopic (exact) mass is 385 g/mol. The summed E-state index contributed by atoms with van der Waals surface area (Å²) in [4.78, 5) is 26.9. The molecule has 0 radical (unpaired) electrons.